The normalized spacial score (nSPS) is 32.6. The van der Waals surface area contributed by atoms with Gasteiger partial charge in [0.1, 0.15) is 0 Å². The van der Waals surface area contributed by atoms with E-state index in [1.165, 1.54) is 22.3 Å². The van der Waals surface area contributed by atoms with Crippen LogP contribution in [0.3, 0.4) is 0 Å². The van der Waals surface area contributed by atoms with Crippen LogP contribution in [-0.2, 0) is 0 Å². The zero-order valence-electron chi connectivity index (χ0n) is 15.9. The van der Waals surface area contributed by atoms with Crippen molar-refractivity contribution in [3.63, 3.8) is 0 Å². The topological polar surface area (TPSA) is 0 Å². The highest BCUT2D eigenvalue weighted by Gasteiger charge is 2.41. The molecule has 3 heteroatoms. The van der Waals surface area contributed by atoms with Gasteiger partial charge < -0.3 is 0 Å². The van der Waals surface area contributed by atoms with Crippen LogP contribution in [0.1, 0.15) is 68.2 Å². The predicted octanol–water partition coefficient (Wildman–Crippen LogP) is 6.59. The Labute approximate surface area is 154 Å². The van der Waals surface area contributed by atoms with Crippen molar-refractivity contribution < 1.29 is 0 Å². The van der Waals surface area contributed by atoms with Gasteiger partial charge in [0.25, 0.3) is 0 Å². The SMILES string of the molecule is CCC1(C)C(C)=C([SiH2]C2=C(C)C(C)(CC)C(Cl)=C2C)C(C)=C1Cl. The molecule has 0 bridgehead atoms. The van der Waals surface area contributed by atoms with Gasteiger partial charge in [-0.1, -0.05) is 72.4 Å². The summed E-state index contributed by atoms with van der Waals surface area (Å²) in [5.41, 5.74) is 5.71. The Morgan fingerprint density at radius 2 is 1.04 bits per heavy atom. The lowest BCUT2D eigenvalue weighted by atomic mass is 9.83. The molecule has 0 aliphatic heterocycles. The molecule has 2 unspecified atom stereocenters. The Morgan fingerprint density at radius 1 is 0.739 bits per heavy atom. The lowest BCUT2D eigenvalue weighted by Gasteiger charge is -2.26. The minimum absolute atomic E-state index is 0.0382. The average molecular weight is 369 g/mol. The van der Waals surface area contributed by atoms with Crippen LogP contribution < -0.4 is 0 Å². The Morgan fingerprint density at radius 3 is 1.26 bits per heavy atom. The Kier molecular flexibility index (Phi) is 5.18. The smallest absolute Gasteiger partial charge is 0.0879 e. The van der Waals surface area contributed by atoms with Gasteiger partial charge in [0.05, 0.1) is 9.52 Å². The molecule has 0 saturated carbocycles. The van der Waals surface area contributed by atoms with E-state index in [9.17, 15) is 0 Å². The summed E-state index contributed by atoms with van der Waals surface area (Å²) < 4.78 is 0. The maximum Gasteiger partial charge on any atom is 0.0882 e. The molecule has 0 spiro atoms. The van der Waals surface area contributed by atoms with Crippen LogP contribution in [0.2, 0.25) is 0 Å². The number of rotatable bonds is 4. The highest BCUT2D eigenvalue weighted by molar-refractivity contribution is 6.58. The van der Waals surface area contributed by atoms with E-state index in [2.05, 4.69) is 55.4 Å². The quantitative estimate of drug-likeness (QED) is 0.491. The van der Waals surface area contributed by atoms with Crippen molar-refractivity contribution in [3.05, 3.63) is 42.7 Å². The van der Waals surface area contributed by atoms with Crippen molar-refractivity contribution in [1.82, 2.24) is 0 Å². The van der Waals surface area contributed by atoms with Crippen LogP contribution in [0.5, 0.6) is 0 Å². The summed E-state index contributed by atoms with van der Waals surface area (Å²) >= 11 is 13.5. The standard InChI is InChI=1S/C20H30Cl2Si/c1-9-19(7)13(5)15(11(3)17(19)21)23-16-12(4)18(22)20(8,10-2)14(16)6/h9-10,23H2,1-8H3. The van der Waals surface area contributed by atoms with E-state index >= 15 is 0 Å². The molecule has 0 amide bonds. The van der Waals surface area contributed by atoms with E-state index < -0.39 is 9.52 Å². The molecule has 2 aliphatic carbocycles. The highest BCUT2D eigenvalue weighted by Crippen LogP contribution is 2.54. The Hall–Kier alpha value is -0.243. The summed E-state index contributed by atoms with van der Waals surface area (Å²) in [6.45, 7) is 18.0. The number of allylic oxidation sites excluding steroid dienone is 8. The third kappa shape index (κ3) is 2.55. The molecule has 0 heterocycles. The molecular formula is C20H30Cl2Si. The second-order valence-electron chi connectivity index (χ2n) is 7.63. The van der Waals surface area contributed by atoms with Crippen molar-refractivity contribution in [3.8, 4) is 0 Å². The lowest BCUT2D eigenvalue weighted by Crippen LogP contribution is -2.16. The fourth-order valence-corrected chi connectivity index (χ4v) is 7.75. The van der Waals surface area contributed by atoms with Gasteiger partial charge in [-0.2, -0.15) is 0 Å². The van der Waals surface area contributed by atoms with Crippen LogP contribution in [0.15, 0.2) is 42.7 Å². The van der Waals surface area contributed by atoms with Crippen molar-refractivity contribution >= 4 is 32.7 Å². The fraction of sp³-hybridized carbons (Fsp3) is 0.600. The number of hydrogen-bond acceptors (Lipinski definition) is 0. The molecular weight excluding hydrogens is 339 g/mol. The number of hydrogen-bond donors (Lipinski definition) is 0. The molecule has 2 rings (SSSR count). The molecule has 2 atom stereocenters. The highest BCUT2D eigenvalue weighted by atomic mass is 35.5. The molecule has 128 valence electrons. The zero-order chi connectivity index (χ0) is 17.7. The van der Waals surface area contributed by atoms with Crippen LogP contribution >= 0.6 is 23.2 Å². The molecule has 23 heavy (non-hydrogen) atoms. The summed E-state index contributed by atoms with van der Waals surface area (Å²) in [5.74, 6) is 0. The van der Waals surface area contributed by atoms with Crippen molar-refractivity contribution in [1.29, 1.82) is 0 Å². The van der Waals surface area contributed by atoms with Gasteiger partial charge >= 0.3 is 0 Å². The van der Waals surface area contributed by atoms with Crippen LogP contribution in [0.4, 0.5) is 0 Å². The summed E-state index contributed by atoms with van der Waals surface area (Å²) in [7, 11) is -0.571. The average Bonchev–Trinajstić information content (AvgIpc) is 2.81. The van der Waals surface area contributed by atoms with Crippen molar-refractivity contribution in [2.75, 3.05) is 0 Å². The maximum absolute atomic E-state index is 6.74. The third-order valence-corrected chi connectivity index (χ3v) is 11.1. The molecule has 0 aromatic heterocycles. The predicted molar refractivity (Wildman–Crippen MR) is 108 cm³/mol. The molecule has 0 fully saturated rings. The van der Waals surface area contributed by atoms with Gasteiger partial charge in [-0.15, -0.1) is 0 Å². The first kappa shape index (κ1) is 19.1. The Balaban J connectivity index is 2.52. The van der Waals surface area contributed by atoms with Gasteiger partial charge in [0, 0.05) is 20.9 Å². The van der Waals surface area contributed by atoms with E-state index in [0.717, 1.165) is 22.9 Å². The molecule has 0 nitrogen and oxygen atoms in total. The van der Waals surface area contributed by atoms with Gasteiger partial charge in [0.2, 0.25) is 0 Å². The first-order chi connectivity index (χ1) is 10.6. The van der Waals surface area contributed by atoms with E-state index in [0.29, 0.717) is 0 Å². The molecule has 0 aromatic rings. The Bertz CT molecular complexity index is 620. The molecule has 0 radical (unpaired) electrons. The zero-order valence-corrected chi connectivity index (χ0v) is 18.8. The minimum atomic E-state index is -0.571. The second-order valence-corrected chi connectivity index (χ2v) is 10.2. The first-order valence-corrected chi connectivity index (χ1v) is 10.9. The number of halogens is 2. The van der Waals surface area contributed by atoms with Gasteiger partial charge in [-0.3, -0.25) is 0 Å². The summed E-state index contributed by atoms with van der Waals surface area (Å²) in [4.78, 5) is 0. The van der Waals surface area contributed by atoms with Crippen LogP contribution in [0, 0.1) is 10.8 Å². The maximum atomic E-state index is 6.74. The van der Waals surface area contributed by atoms with E-state index in [1.807, 2.05) is 0 Å². The van der Waals surface area contributed by atoms with E-state index in [-0.39, 0.29) is 10.8 Å². The van der Waals surface area contributed by atoms with Crippen LogP contribution in [0.25, 0.3) is 0 Å². The monoisotopic (exact) mass is 368 g/mol. The lowest BCUT2D eigenvalue weighted by molar-refractivity contribution is 0.490. The minimum Gasteiger partial charge on any atom is -0.0879 e. The fourth-order valence-electron chi connectivity index (χ4n) is 4.20. The summed E-state index contributed by atoms with van der Waals surface area (Å²) in [6.07, 6.45) is 2.13. The van der Waals surface area contributed by atoms with Gasteiger partial charge in [-0.05, 0) is 51.7 Å². The van der Waals surface area contributed by atoms with Gasteiger partial charge in [-0.25, -0.2) is 0 Å². The van der Waals surface area contributed by atoms with E-state index in [1.54, 1.807) is 10.4 Å². The van der Waals surface area contributed by atoms with Crippen molar-refractivity contribution in [2.24, 2.45) is 10.8 Å². The molecule has 2 aliphatic rings. The molecule has 0 aromatic carbocycles. The first-order valence-electron chi connectivity index (χ1n) is 8.71. The second kappa shape index (κ2) is 6.24. The van der Waals surface area contributed by atoms with Crippen LogP contribution in [-0.4, -0.2) is 9.52 Å². The molecule has 0 N–H and O–H groups in total. The summed E-state index contributed by atoms with van der Waals surface area (Å²) in [6, 6.07) is 0. The van der Waals surface area contributed by atoms with E-state index in [4.69, 9.17) is 23.2 Å². The largest absolute Gasteiger partial charge is 0.0882 e. The third-order valence-electron chi connectivity index (χ3n) is 6.86. The molecule has 0 saturated heterocycles. The van der Waals surface area contributed by atoms with Crippen molar-refractivity contribution in [2.45, 2.75) is 68.2 Å². The summed E-state index contributed by atoms with van der Waals surface area (Å²) in [5, 5.41) is 5.22. The van der Waals surface area contributed by atoms with Gasteiger partial charge in [0.15, 0.2) is 0 Å².